The van der Waals surface area contributed by atoms with Crippen LogP contribution in [-0.4, -0.2) is 37.7 Å². The van der Waals surface area contributed by atoms with Crippen molar-refractivity contribution in [2.24, 2.45) is 5.92 Å². The first-order valence-electron chi connectivity index (χ1n) is 12.3. The highest BCUT2D eigenvalue weighted by Gasteiger charge is 2.46. The lowest BCUT2D eigenvalue weighted by molar-refractivity contribution is -0.0429. The molecule has 1 aliphatic heterocycles. The van der Waals surface area contributed by atoms with E-state index in [1.165, 1.54) is 44.6 Å². The quantitative estimate of drug-likeness (QED) is 0.340. The molecule has 2 atom stereocenters. The number of ether oxygens (including phenoxy) is 3. The highest BCUT2D eigenvalue weighted by atomic mass is 32.2. The van der Waals surface area contributed by atoms with E-state index in [9.17, 15) is 26.7 Å². The van der Waals surface area contributed by atoms with Crippen LogP contribution in [0.1, 0.15) is 53.1 Å². The van der Waals surface area contributed by atoms with Crippen molar-refractivity contribution in [2.45, 2.75) is 49.8 Å². The van der Waals surface area contributed by atoms with E-state index in [2.05, 4.69) is 10.4 Å². The monoisotopic (exact) mass is 584 g/mol. The van der Waals surface area contributed by atoms with Crippen molar-refractivity contribution < 1.29 is 40.9 Å². The largest absolute Gasteiger partial charge is 0.516 e. The van der Waals surface area contributed by atoms with Crippen molar-refractivity contribution in [3.05, 3.63) is 63.6 Å². The van der Waals surface area contributed by atoms with Gasteiger partial charge < -0.3 is 19.3 Å². The summed E-state index contributed by atoms with van der Waals surface area (Å²) in [6.07, 6.45) is 2.77. The van der Waals surface area contributed by atoms with Gasteiger partial charge in [0.15, 0.2) is 0 Å². The van der Waals surface area contributed by atoms with Crippen LogP contribution in [0.25, 0.3) is 0 Å². The van der Waals surface area contributed by atoms with Gasteiger partial charge in [-0.3, -0.25) is 4.72 Å². The minimum atomic E-state index is -5.59. The summed E-state index contributed by atoms with van der Waals surface area (Å²) in [6, 6.07) is 8.99. The molecule has 0 amide bonds. The molecule has 13 heteroatoms. The zero-order chi connectivity index (χ0) is 27.8. The molecule has 1 aromatic heterocycles. The highest BCUT2D eigenvalue weighted by Crippen LogP contribution is 2.41. The molecule has 5 rings (SSSR count). The first-order chi connectivity index (χ1) is 18.5. The first kappa shape index (κ1) is 27.5. The van der Waals surface area contributed by atoms with Gasteiger partial charge in [0.1, 0.15) is 28.9 Å². The Balaban J connectivity index is 1.29. The molecular formula is C26H27F3N2O6S2. The Bertz CT molecular complexity index is 1440. The number of anilines is 1. The summed E-state index contributed by atoms with van der Waals surface area (Å²) in [7, 11) is -4.19. The Morgan fingerprint density at radius 2 is 2.00 bits per heavy atom. The van der Waals surface area contributed by atoms with Gasteiger partial charge in [-0.1, -0.05) is 6.42 Å². The molecule has 0 unspecified atom stereocenters. The molecule has 2 aliphatic rings. The average Bonchev–Trinajstić information content (AvgIpc) is 3.31. The molecule has 8 nitrogen and oxygen atoms in total. The fourth-order valence-electron chi connectivity index (χ4n) is 4.62. The van der Waals surface area contributed by atoms with Crippen LogP contribution in [0, 0.1) is 5.92 Å². The number of halogens is 3. The van der Waals surface area contributed by atoms with Crippen LogP contribution in [0.2, 0.25) is 0 Å². The van der Waals surface area contributed by atoms with Crippen LogP contribution in [0.5, 0.6) is 17.2 Å². The molecular weight excluding hydrogens is 557 g/mol. The topological polar surface area (TPSA) is 107 Å². The average molecular weight is 585 g/mol. The van der Waals surface area contributed by atoms with E-state index in [1.54, 1.807) is 34.3 Å². The zero-order valence-corrected chi connectivity index (χ0v) is 22.5. The summed E-state index contributed by atoms with van der Waals surface area (Å²) in [6.45, 7) is 0.438. The number of rotatable bonds is 9. The third-order valence-electron chi connectivity index (χ3n) is 6.97. The summed E-state index contributed by atoms with van der Waals surface area (Å²) in [5.74, 6) is 1.45. The van der Waals surface area contributed by atoms with Crippen molar-refractivity contribution >= 4 is 27.0 Å². The van der Waals surface area contributed by atoms with E-state index in [1.807, 2.05) is 0 Å². The lowest BCUT2D eigenvalue weighted by Crippen LogP contribution is -2.30. The van der Waals surface area contributed by atoms with Crippen LogP contribution < -0.4 is 18.9 Å². The number of methoxy groups -OCH3 is 1. The molecule has 0 spiro atoms. The predicted molar refractivity (Wildman–Crippen MR) is 139 cm³/mol. The SMILES string of the molecule is COc1ccc(NS(=O)(=O)C(F)(F)F)cc1C[C@@H]1COc2ccc(OCc3nc(C4CCC4)cs3)cc2[C@@H]1O. The number of benzene rings is 2. The number of alkyl halides is 3. The second kappa shape index (κ2) is 10.9. The number of hydrogen-bond acceptors (Lipinski definition) is 8. The van der Waals surface area contributed by atoms with E-state index in [4.69, 9.17) is 14.2 Å². The molecule has 0 bridgehead atoms. The van der Waals surface area contributed by atoms with Crippen LogP contribution in [0.4, 0.5) is 18.9 Å². The number of aliphatic hydroxyl groups excluding tert-OH is 1. The Morgan fingerprint density at radius 3 is 2.69 bits per heavy atom. The number of nitrogens with zero attached hydrogens (tertiary/aromatic N) is 1. The number of hydrogen-bond donors (Lipinski definition) is 2. The minimum absolute atomic E-state index is 0.138. The van der Waals surface area contributed by atoms with E-state index in [0.29, 0.717) is 40.9 Å². The van der Waals surface area contributed by atoms with Crippen molar-refractivity contribution in [1.82, 2.24) is 4.98 Å². The smallest absolute Gasteiger partial charge is 0.496 e. The molecule has 1 aliphatic carbocycles. The molecule has 2 aromatic carbocycles. The fraction of sp³-hybridized carbons (Fsp3) is 0.423. The summed E-state index contributed by atoms with van der Waals surface area (Å²) >= 11 is 1.56. The number of aromatic nitrogens is 1. The molecule has 39 heavy (non-hydrogen) atoms. The van der Waals surface area contributed by atoms with Crippen LogP contribution >= 0.6 is 11.3 Å². The number of thiazole rings is 1. The highest BCUT2D eigenvalue weighted by molar-refractivity contribution is 7.93. The summed E-state index contributed by atoms with van der Waals surface area (Å²) in [4.78, 5) is 4.67. The Kier molecular flexibility index (Phi) is 7.66. The van der Waals surface area contributed by atoms with Gasteiger partial charge in [0.2, 0.25) is 0 Å². The van der Waals surface area contributed by atoms with Gasteiger partial charge in [0.25, 0.3) is 0 Å². The predicted octanol–water partition coefficient (Wildman–Crippen LogP) is 5.54. The molecule has 1 saturated carbocycles. The van der Waals surface area contributed by atoms with Gasteiger partial charge in [-0.15, -0.1) is 11.3 Å². The first-order valence-corrected chi connectivity index (χ1v) is 14.7. The van der Waals surface area contributed by atoms with Gasteiger partial charge >= 0.3 is 15.5 Å². The maximum atomic E-state index is 12.8. The molecule has 2 heterocycles. The van der Waals surface area contributed by atoms with Crippen molar-refractivity contribution in [2.75, 3.05) is 18.4 Å². The summed E-state index contributed by atoms with van der Waals surface area (Å²) in [5, 5.41) is 14.1. The van der Waals surface area contributed by atoms with Crippen LogP contribution in [-0.2, 0) is 23.1 Å². The van der Waals surface area contributed by atoms with Gasteiger partial charge in [-0.25, -0.2) is 4.98 Å². The molecule has 210 valence electrons. The van der Waals surface area contributed by atoms with E-state index < -0.39 is 27.6 Å². The molecule has 2 N–H and O–H groups in total. The zero-order valence-electron chi connectivity index (χ0n) is 20.9. The van der Waals surface area contributed by atoms with Crippen molar-refractivity contribution in [3.8, 4) is 17.2 Å². The molecule has 0 saturated heterocycles. The number of aliphatic hydroxyl groups is 1. The van der Waals surface area contributed by atoms with E-state index in [-0.39, 0.29) is 18.7 Å². The lowest BCUT2D eigenvalue weighted by atomic mass is 9.83. The number of sulfonamides is 1. The molecule has 3 aromatic rings. The lowest BCUT2D eigenvalue weighted by Gasteiger charge is -2.31. The third kappa shape index (κ3) is 5.94. The van der Waals surface area contributed by atoms with Gasteiger partial charge in [-0.2, -0.15) is 21.6 Å². The number of fused-ring (bicyclic) bond motifs is 1. The maximum absolute atomic E-state index is 12.8. The van der Waals surface area contributed by atoms with Crippen LogP contribution in [0.15, 0.2) is 41.8 Å². The van der Waals surface area contributed by atoms with E-state index >= 15 is 0 Å². The Morgan fingerprint density at radius 1 is 1.21 bits per heavy atom. The van der Waals surface area contributed by atoms with Crippen molar-refractivity contribution in [1.29, 1.82) is 0 Å². The number of nitrogens with one attached hydrogen (secondary N) is 1. The fourth-order valence-corrected chi connectivity index (χ4v) is 5.96. The van der Waals surface area contributed by atoms with Crippen molar-refractivity contribution in [3.63, 3.8) is 0 Å². The van der Waals surface area contributed by atoms with Gasteiger partial charge in [0, 0.05) is 28.5 Å². The molecule has 0 radical (unpaired) electrons. The normalized spacial score (nSPS) is 19.5. The van der Waals surface area contributed by atoms with Gasteiger partial charge in [-0.05, 0) is 61.2 Å². The maximum Gasteiger partial charge on any atom is 0.516 e. The molecule has 1 fully saturated rings. The summed E-state index contributed by atoms with van der Waals surface area (Å²) < 4.78 is 80.2. The Hall–Kier alpha value is -3.03. The second-order valence-corrected chi connectivity index (χ2v) is 12.2. The standard InChI is InChI=1S/C26H27F3N2O6S2/c1-35-22-7-5-18(31-39(33,34)26(27,28)29)10-16(22)9-17-12-37-23-8-6-19(11-20(23)25(17)32)36-13-24-30-21(14-38-24)15-3-2-4-15/h5-8,10-11,14-15,17,25,31-32H,2-4,9,12-13H2,1H3/t17-,25-/m1/s1. The van der Waals surface area contributed by atoms with Gasteiger partial charge in [0.05, 0.1) is 25.5 Å². The van der Waals surface area contributed by atoms with Crippen LogP contribution in [0.3, 0.4) is 0 Å². The summed E-state index contributed by atoms with van der Waals surface area (Å²) in [5.41, 5.74) is -3.68. The second-order valence-electron chi connectivity index (χ2n) is 9.58. The van der Waals surface area contributed by atoms with E-state index in [0.717, 1.165) is 10.7 Å². The minimum Gasteiger partial charge on any atom is -0.496 e. The Labute approximate surface area is 227 Å². The third-order valence-corrected chi connectivity index (χ3v) is 8.93.